The number of hydrogen-bond donors (Lipinski definition) is 4. The maximum absolute atomic E-state index is 6.40. The fourth-order valence-corrected chi connectivity index (χ4v) is 7.51. The smallest absolute Gasteiger partial charge is 0.0663 e. The Morgan fingerprint density at radius 3 is 1.19 bits per heavy atom. The molecule has 4 heteroatoms. The quantitative estimate of drug-likeness (QED) is 0.101. The van der Waals surface area contributed by atoms with Crippen molar-refractivity contribution in [2.45, 2.75) is 180 Å². The van der Waals surface area contributed by atoms with Gasteiger partial charge in [-0.1, -0.05) is 124 Å². The highest BCUT2D eigenvalue weighted by molar-refractivity contribution is 4.96. The predicted octanol–water partition coefficient (Wildman–Crippen LogP) is 8.35. The summed E-state index contributed by atoms with van der Waals surface area (Å²) in [6.45, 7) is 6.84. The highest BCUT2D eigenvalue weighted by Gasteiger charge is 2.43. The van der Waals surface area contributed by atoms with Crippen molar-refractivity contribution in [1.29, 1.82) is 0 Å². The van der Waals surface area contributed by atoms with Crippen LogP contribution in [0.3, 0.4) is 0 Å². The molecule has 2 aliphatic rings. The summed E-state index contributed by atoms with van der Waals surface area (Å²) in [5, 5.41) is 0. The third kappa shape index (κ3) is 12.3. The van der Waals surface area contributed by atoms with Crippen LogP contribution in [0.15, 0.2) is 0 Å². The molecule has 0 bridgehead atoms. The number of nitrogens with two attached hydrogens (primary N) is 4. The van der Waals surface area contributed by atoms with Crippen molar-refractivity contribution in [3.63, 3.8) is 0 Å². The van der Waals surface area contributed by atoms with E-state index in [0.717, 1.165) is 30.6 Å². The lowest BCUT2D eigenvalue weighted by Crippen LogP contribution is -2.59. The number of hydrogen-bond acceptors (Lipinski definition) is 4. The van der Waals surface area contributed by atoms with Gasteiger partial charge in [0.15, 0.2) is 0 Å². The molecule has 0 amide bonds. The summed E-state index contributed by atoms with van der Waals surface area (Å²) in [6.07, 6.45) is 31.0. The van der Waals surface area contributed by atoms with Gasteiger partial charge in [-0.3, -0.25) is 0 Å². The molecule has 0 aromatic heterocycles. The Bertz CT molecular complexity index is 543. The van der Waals surface area contributed by atoms with Crippen molar-refractivity contribution in [2.24, 2.45) is 52.5 Å². The molecule has 2 saturated carbocycles. The summed E-state index contributed by atoms with van der Waals surface area (Å²) < 4.78 is 0. The van der Waals surface area contributed by atoms with Gasteiger partial charge in [0.2, 0.25) is 0 Å². The van der Waals surface area contributed by atoms with E-state index in [0.29, 0.717) is 11.8 Å². The van der Waals surface area contributed by atoms with Gasteiger partial charge in [-0.2, -0.15) is 0 Å². The lowest BCUT2D eigenvalue weighted by molar-refractivity contribution is 0.0478. The molecule has 2 aliphatic carbocycles. The van der Waals surface area contributed by atoms with Crippen molar-refractivity contribution < 1.29 is 0 Å². The van der Waals surface area contributed by atoms with Gasteiger partial charge in [0.05, 0.1) is 11.3 Å². The number of rotatable bonds is 19. The standard InChI is InChI=1S/C33H68N4/c1-4-5-6-7-8-9-10-11-12-13-14-15-16-17-18-19-20-31(29-21-23-32(34,35)27(2)25-29)30-22-24-33(36,37)28(3)26-30/h27-31H,4-26,34-37H2,1-3H3. The summed E-state index contributed by atoms with van der Waals surface area (Å²) in [4.78, 5) is 0. The van der Waals surface area contributed by atoms with Crippen LogP contribution in [0.5, 0.6) is 0 Å². The van der Waals surface area contributed by atoms with Gasteiger partial charge in [-0.25, -0.2) is 0 Å². The zero-order valence-corrected chi connectivity index (χ0v) is 25.5. The topological polar surface area (TPSA) is 104 Å². The van der Waals surface area contributed by atoms with E-state index in [1.807, 2.05) is 0 Å². The Morgan fingerprint density at radius 1 is 0.541 bits per heavy atom. The van der Waals surface area contributed by atoms with Crippen LogP contribution in [-0.4, -0.2) is 11.3 Å². The van der Waals surface area contributed by atoms with E-state index in [2.05, 4.69) is 20.8 Å². The van der Waals surface area contributed by atoms with E-state index in [-0.39, 0.29) is 0 Å². The first-order valence-corrected chi connectivity index (χ1v) is 16.8. The van der Waals surface area contributed by atoms with Crippen LogP contribution in [0.25, 0.3) is 0 Å². The van der Waals surface area contributed by atoms with Gasteiger partial charge in [0, 0.05) is 0 Å². The molecule has 0 aromatic rings. The minimum absolute atomic E-state index is 0.406. The minimum Gasteiger partial charge on any atom is -0.313 e. The number of unbranched alkanes of at least 4 members (excludes halogenated alkanes) is 15. The van der Waals surface area contributed by atoms with Crippen LogP contribution >= 0.6 is 0 Å². The monoisotopic (exact) mass is 521 g/mol. The zero-order chi connectivity index (χ0) is 27.2. The first-order chi connectivity index (χ1) is 17.7. The molecule has 4 nitrogen and oxygen atoms in total. The molecule has 8 N–H and O–H groups in total. The molecule has 37 heavy (non-hydrogen) atoms. The minimum atomic E-state index is -0.473. The summed E-state index contributed by atoms with van der Waals surface area (Å²) in [7, 11) is 0. The Morgan fingerprint density at radius 2 is 0.865 bits per heavy atom. The van der Waals surface area contributed by atoms with E-state index in [1.54, 1.807) is 0 Å². The van der Waals surface area contributed by atoms with E-state index in [1.165, 1.54) is 135 Å². The van der Waals surface area contributed by atoms with E-state index in [4.69, 9.17) is 22.9 Å². The predicted molar refractivity (Wildman–Crippen MR) is 163 cm³/mol. The van der Waals surface area contributed by atoms with Crippen molar-refractivity contribution >= 4 is 0 Å². The van der Waals surface area contributed by atoms with Crippen LogP contribution in [0.2, 0.25) is 0 Å². The molecule has 2 fully saturated rings. The highest BCUT2D eigenvalue weighted by atomic mass is 15.0. The third-order valence-electron chi connectivity index (χ3n) is 10.6. The van der Waals surface area contributed by atoms with Gasteiger partial charge in [-0.05, 0) is 74.5 Å². The first kappa shape index (κ1) is 33.0. The average Bonchev–Trinajstić information content (AvgIpc) is 2.85. The second-order valence-electron chi connectivity index (χ2n) is 13.9. The normalized spacial score (nSPS) is 28.3. The van der Waals surface area contributed by atoms with Gasteiger partial charge < -0.3 is 22.9 Å². The fraction of sp³-hybridized carbons (Fsp3) is 1.00. The van der Waals surface area contributed by atoms with Crippen LogP contribution in [0.1, 0.15) is 168 Å². The van der Waals surface area contributed by atoms with Crippen LogP contribution in [-0.2, 0) is 0 Å². The van der Waals surface area contributed by atoms with Crippen molar-refractivity contribution in [1.82, 2.24) is 0 Å². The Kier molecular flexibility index (Phi) is 15.6. The maximum Gasteiger partial charge on any atom is 0.0663 e. The van der Waals surface area contributed by atoms with Crippen molar-refractivity contribution in [2.75, 3.05) is 0 Å². The average molecular weight is 521 g/mol. The van der Waals surface area contributed by atoms with Crippen LogP contribution < -0.4 is 22.9 Å². The van der Waals surface area contributed by atoms with Gasteiger partial charge in [-0.15, -0.1) is 0 Å². The second-order valence-corrected chi connectivity index (χ2v) is 13.9. The molecule has 0 radical (unpaired) electrons. The molecule has 4 unspecified atom stereocenters. The Labute approximate surface area is 232 Å². The lowest BCUT2D eigenvalue weighted by atomic mass is 9.62. The Hall–Kier alpha value is -0.160. The first-order valence-electron chi connectivity index (χ1n) is 16.8. The maximum atomic E-state index is 6.40. The van der Waals surface area contributed by atoms with E-state index < -0.39 is 11.3 Å². The molecule has 2 rings (SSSR count). The molecule has 0 heterocycles. The zero-order valence-electron chi connectivity index (χ0n) is 25.5. The molecule has 0 saturated heterocycles. The Balaban J connectivity index is 1.60. The SMILES string of the molecule is CCCCCCCCCCCCCCCCCCC(C1CCC(N)(N)C(C)C1)C1CCC(N)(N)C(C)C1. The summed E-state index contributed by atoms with van der Waals surface area (Å²) in [6, 6.07) is 0. The third-order valence-corrected chi connectivity index (χ3v) is 10.6. The summed E-state index contributed by atoms with van der Waals surface area (Å²) in [5.41, 5.74) is 24.7. The van der Waals surface area contributed by atoms with Crippen molar-refractivity contribution in [3.05, 3.63) is 0 Å². The molecule has 0 aliphatic heterocycles. The van der Waals surface area contributed by atoms with Crippen LogP contribution in [0, 0.1) is 29.6 Å². The fourth-order valence-electron chi connectivity index (χ4n) is 7.51. The van der Waals surface area contributed by atoms with Crippen molar-refractivity contribution in [3.8, 4) is 0 Å². The van der Waals surface area contributed by atoms with E-state index >= 15 is 0 Å². The molecule has 0 aromatic carbocycles. The largest absolute Gasteiger partial charge is 0.313 e. The van der Waals surface area contributed by atoms with Gasteiger partial charge >= 0.3 is 0 Å². The summed E-state index contributed by atoms with van der Waals surface area (Å²) in [5.74, 6) is 3.15. The molecule has 4 atom stereocenters. The van der Waals surface area contributed by atoms with E-state index in [9.17, 15) is 0 Å². The molecular weight excluding hydrogens is 452 g/mol. The van der Waals surface area contributed by atoms with Gasteiger partial charge in [0.25, 0.3) is 0 Å². The van der Waals surface area contributed by atoms with Crippen LogP contribution in [0.4, 0.5) is 0 Å². The highest BCUT2D eigenvalue weighted by Crippen LogP contribution is 2.46. The second kappa shape index (κ2) is 17.5. The van der Waals surface area contributed by atoms with Gasteiger partial charge in [0.1, 0.15) is 0 Å². The molecule has 220 valence electrons. The molecular formula is C33H68N4. The lowest BCUT2D eigenvalue weighted by Gasteiger charge is -2.48. The molecule has 0 spiro atoms. The summed E-state index contributed by atoms with van der Waals surface area (Å²) >= 11 is 0.